The van der Waals surface area contributed by atoms with Crippen LogP contribution in [0.5, 0.6) is 0 Å². The summed E-state index contributed by atoms with van der Waals surface area (Å²) in [6, 6.07) is 0. The van der Waals surface area contributed by atoms with Crippen LogP contribution in [0, 0.1) is 5.92 Å². The molecule has 0 aliphatic rings. The van der Waals surface area contributed by atoms with Crippen LogP contribution in [0.25, 0.3) is 0 Å². The van der Waals surface area contributed by atoms with E-state index in [-0.39, 0.29) is 39.8 Å². The average Bonchev–Trinajstić information content (AvgIpc) is 2.15. The van der Waals surface area contributed by atoms with E-state index in [1.165, 1.54) is 6.92 Å². The first-order valence-corrected chi connectivity index (χ1v) is 5.34. The summed E-state index contributed by atoms with van der Waals surface area (Å²) >= 11 is 0. The summed E-state index contributed by atoms with van der Waals surface area (Å²) in [6.45, 7) is 4.86. The van der Waals surface area contributed by atoms with Crippen molar-refractivity contribution < 1.29 is 19.3 Å². The molecule has 15 heavy (non-hydrogen) atoms. The van der Waals surface area contributed by atoms with Gasteiger partial charge in [-0.3, -0.25) is 9.59 Å². The predicted molar refractivity (Wildman–Crippen MR) is 53.0 cm³/mol. The second kappa shape index (κ2) is 8.10. The van der Waals surface area contributed by atoms with Gasteiger partial charge in [0.2, 0.25) is 0 Å². The molecule has 84 valence electrons. The number of Topliss-reactive ketones (excluding diaryl/α,β-unsaturated/α-hetero) is 2. The van der Waals surface area contributed by atoms with Gasteiger partial charge in [0.25, 0.3) is 0 Å². The molecular formula is C8H14N2O4Si. The lowest BCUT2D eigenvalue weighted by molar-refractivity contribution is -0.126. The zero-order valence-corrected chi connectivity index (χ0v) is 10.0. The van der Waals surface area contributed by atoms with Gasteiger partial charge in [-0.15, -0.1) is 0 Å². The monoisotopic (exact) mass is 230 g/mol. The van der Waals surface area contributed by atoms with E-state index in [1.54, 1.807) is 13.8 Å². The molecule has 0 unspecified atom stereocenters. The van der Waals surface area contributed by atoms with Gasteiger partial charge < -0.3 is 9.68 Å². The van der Waals surface area contributed by atoms with Crippen molar-refractivity contribution >= 4 is 20.7 Å². The normalized spacial score (nSPS) is 9.07. The maximum Gasteiger partial charge on any atom is 0.321 e. The summed E-state index contributed by atoms with van der Waals surface area (Å²) in [5.74, 6) is -0.193. The van der Waals surface area contributed by atoms with Gasteiger partial charge in [-0.25, -0.2) is 0 Å². The molecule has 0 heterocycles. The number of carbonyl (C=O) groups is 2. The second-order valence-corrected chi connectivity index (χ2v) is 3.72. The first-order chi connectivity index (χ1) is 7.04. The fourth-order valence-corrected chi connectivity index (χ4v) is 0.738. The molecule has 0 bridgehead atoms. The van der Waals surface area contributed by atoms with Crippen LogP contribution in [0.3, 0.4) is 0 Å². The van der Waals surface area contributed by atoms with Gasteiger partial charge in [0.15, 0.2) is 24.8 Å². The molecule has 0 aliphatic heterocycles. The lowest BCUT2D eigenvalue weighted by atomic mass is 10.1. The van der Waals surface area contributed by atoms with Crippen LogP contribution in [0.1, 0.15) is 20.8 Å². The molecule has 0 atom stereocenters. The SMILES string of the molecule is CC(=O)CON=[Si]=NOCC(=O)C(C)C. The Bertz CT molecular complexity index is 284. The number of rotatable bonds is 7. The minimum Gasteiger partial charge on any atom is -0.388 e. The summed E-state index contributed by atoms with van der Waals surface area (Å²) < 4.78 is 0. The van der Waals surface area contributed by atoms with Crippen LogP contribution >= 0.6 is 0 Å². The molecule has 0 spiro atoms. The Morgan fingerprint density at radius 2 is 1.73 bits per heavy atom. The molecule has 0 aromatic rings. The molecule has 0 N–H and O–H groups in total. The summed E-state index contributed by atoms with van der Waals surface area (Å²) in [6.07, 6.45) is 0. The van der Waals surface area contributed by atoms with Crippen LogP contribution in [0.2, 0.25) is 0 Å². The first kappa shape index (κ1) is 13.8. The third kappa shape index (κ3) is 9.07. The minimum absolute atomic E-state index is 0.0202. The number of hydrogen-bond donors (Lipinski definition) is 0. The van der Waals surface area contributed by atoms with E-state index in [9.17, 15) is 9.59 Å². The Balaban J connectivity index is 3.62. The van der Waals surface area contributed by atoms with E-state index >= 15 is 0 Å². The maximum atomic E-state index is 11.0. The number of hydrogen-bond acceptors (Lipinski definition) is 6. The van der Waals surface area contributed by atoms with Gasteiger partial charge in [0.05, 0.1) is 0 Å². The van der Waals surface area contributed by atoms with Crippen molar-refractivity contribution in [3.8, 4) is 0 Å². The van der Waals surface area contributed by atoms with Crippen molar-refractivity contribution in [2.75, 3.05) is 13.2 Å². The number of carbonyl (C=O) groups excluding carboxylic acids is 2. The van der Waals surface area contributed by atoms with Gasteiger partial charge in [-0.1, -0.05) is 23.4 Å². The van der Waals surface area contributed by atoms with Crippen LogP contribution in [-0.2, 0) is 19.3 Å². The highest BCUT2D eigenvalue weighted by molar-refractivity contribution is 6.05. The molecular weight excluding hydrogens is 216 g/mol. The minimum atomic E-state index is -0.274. The Morgan fingerprint density at radius 3 is 2.20 bits per heavy atom. The molecule has 0 amide bonds. The molecule has 0 saturated heterocycles. The summed E-state index contributed by atoms with van der Waals surface area (Å²) in [7, 11) is -0.274. The van der Waals surface area contributed by atoms with Gasteiger partial charge in [0.1, 0.15) is 0 Å². The van der Waals surface area contributed by atoms with Crippen molar-refractivity contribution in [3.05, 3.63) is 0 Å². The van der Waals surface area contributed by atoms with E-state index in [1.807, 2.05) is 0 Å². The van der Waals surface area contributed by atoms with E-state index in [0.717, 1.165) is 0 Å². The van der Waals surface area contributed by atoms with E-state index in [0.29, 0.717) is 0 Å². The largest absolute Gasteiger partial charge is 0.388 e. The van der Waals surface area contributed by atoms with Crippen LogP contribution in [0.4, 0.5) is 0 Å². The fourth-order valence-electron chi connectivity index (χ4n) is 0.460. The second-order valence-electron chi connectivity index (χ2n) is 3.15. The zero-order valence-electron chi connectivity index (χ0n) is 9.02. The van der Waals surface area contributed by atoms with Gasteiger partial charge in [0, 0.05) is 5.92 Å². The third-order valence-corrected chi connectivity index (χ3v) is 1.75. The molecule has 0 aromatic carbocycles. The molecule has 0 aromatic heterocycles. The maximum absolute atomic E-state index is 11.0. The van der Waals surface area contributed by atoms with E-state index in [2.05, 4.69) is 14.4 Å². The highest BCUT2D eigenvalue weighted by Crippen LogP contribution is 1.93. The van der Waals surface area contributed by atoms with Gasteiger partial charge in [-0.2, -0.15) is 0 Å². The first-order valence-electron chi connectivity index (χ1n) is 4.45. The summed E-state index contributed by atoms with van der Waals surface area (Å²) in [4.78, 5) is 37.7. The van der Waals surface area contributed by atoms with Crippen molar-refractivity contribution in [2.24, 2.45) is 15.5 Å². The summed E-state index contributed by atoms with van der Waals surface area (Å²) in [5.41, 5.74) is 0. The van der Waals surface area contributed by atoms with Crippen LogP contribution < -0.4 is 0 Å². The Labute approximate surface area is 90.2 Å². The Hall–Kier alpha value is -1.24. The lowest BCUT2D eigenvalue weighted by Gasteiger charge is -2.00. The van der Waals surface area contributed by atoms with E-state index in [4.69, 9.17) is 4.84 Å². The highest BCUT2D eigenvalue weighted by Gasteiger charge is 2.06. The smallest absolute Gasteiger partial charge is 0.321 e. The van der Waals surface area contributed by atoms with Gasteiger partial charge >= 0.3 is 9.10 Å². The molecule has 0 fully saturated rings. The molecule has 7 heteroatoms. The molecule has 0 saturated carbocycles. The van der Waals surface area contributed by atoms with E-state index < -0.39 is 0 Å². The Kier molecular flexibility index (Phi) is 7.43. The molecule has 0 radical (unpaired) electrons. The predicted octanol–water partition coefficient (Wildman–Crippen LogP) is 0.735. The van der Waals surface area contributed by atoms with Gasteiger partial charge in [-0.05, 0) is 6.92 Å². The number of ketones is 2. The average molecular weight is 230 g/mol. The topological polar surface area (TPSA) is 77.3 Å². The molecule has 0 rings (SSSR count). The lowest BCUT2D eigenvalue weighted by Crippen LogP contribution is -2.12. The molecule has 6 nitrogen and oxygen atoms in total. The van der Waals surface area contributed by atoms with Crippen molar-refractivity contribution in [2.45, 2.75) is 20.8 Å². The number of nitrogens with zero attached hydrogens (tertiary/aromatic N) is 2. The highest BCUT2D eigenvalue weighted by atomic mass is 28.2. The third-order valence-electron chi connectivity index (χ3n) is 1.33. The quantitative estimate of drug-likeness (QED) is 0.477. The standard InChI is InChI=1S/C8H14N2O4Si/c1-6(2)8(12)5-14-10-15-9-13-4-7(3)11/h6H,4-5H2,1-3H3. The fraction of sp³-hybridized carbons (Fsp3) is 0.750. The van der Waals surface area contributed by atoms with Crippen molar-refractivity contribution in [1.29, 1.82) is 0 Å². The van der Waals surface area contributed by atoms with Crippen molar-refractivity contribution in [1.82, 2.24) is 0 Å². The Morgan fingerprint density at radius 1 is 1.20 bits per heavy atom. The zero-order chi connectivity index (χ0) is 11.7. The van der Waals surface area contributed by atoms with Crippen LogP contribution in [0.15, 0.2) is 9.59 Å². The van der Waals surface area contributed by atoms with Crippen molar-refractivity contribution in [3.63, 3.8) is 0 Å². The summed E-state index contributed by atoms with van der Waals surface area (Å²) in [5, 5.41) is 0. The van der Waals surface area contributed by atoms with Crippen LogP contribution in [-0.4, -0.2) is 33.9 Å². The molecule has 0 aliphatic carbocycles.